The molecule has 0 atom stereocenters. The second kappa shape index (κ2) is 4.20. The number of fused-ring (bicyclic) bond motifs is 3. The van der Waals surface area contributed by atoms with E-state index in [4.69, 9.17) is 0 Å². The molecule has 0 saturated carbocycles. The minimum atomic E-state index is -0.203. The summed E-state index contributed by atoms with van der Waals surface area (Å²) in [5.41, 5.74) is 4.34. The number of H-pyrrole nitrogens is 1. The van der Waals surface area contributed by atoms with Crippen LogP contribution in [0.25, 0.3) is 32.9 Å². The zero-order valence-corrected chi connectivity index (χ0v) is 10.7. The largest absolute Gasteiger partial charge is 0.354 e. The first-order valence-corrected chi connectivity index (χ1v) is 6.58. The van der Waals surface area contributed by atoms with Crippen molar-refractivity contribution in [3.05, 3.63) is 72.5 Å². The lowest BCUT2D eigenvalue weighted by Crippen LogP contribution is -1.77. The number of benzene rings is 3. The number of aromatic nitrogens is 1. The van der Waals surface area contributed by atoms with Crippen molar-refractivity contribution in [2.75, 3.05) is 0 Å². The van der Waals surface area contributed by atoms with Crippen LogP contribution in [0.4, 0.5) is 4.39 Å². The molecule has 4 aromatic rings. The van der Waals surface area contributed by atoms with Crippen LogP contribution in [-0.2, 0) is 0 Å². The lowest BCUT2D eigenvalue weighted by molar-refractivity contribution is 0.630. The molecule has 0 radical (unpaired) electrons. The van der Waals surface area contributed by atoms with Crippen molar-refractivity contribution >= 4 is 21.8 Å². The summed E-state index contributed by atoms with van der Waals surface area (Å²) in [6, 6.07) is 21.3. The molecule has 20 heavy (non-hydrogen) atoms. The van der Waals surface area contributed by atoms with Crippen molar-refractivity contribution < 1.29 is 4.39 Å². The van der Waals surface area contributed by atoms with Gasteiger partial charge in [0.05, 0.1) is 0 Å². The van der Waals surface area contributed by atoms with E-state index >= 15 is 0 Å². The van der Waals surface area contributed by atoms with Gasteiger partial charge in [-0.2, -0.15) is 0 Å². The minimum Gasteiger partial charge on any atom is -0.354 e. The van der Waals surface area contributed by atoms with Crippen molar-refractivity contribution in [1.82, 2.24) is 4.98 Å². The van der Waals surface area contributed by atoms with Gasteiger partial charge in [0.25, 0.3) is 0 Å². The summed E-state index contributed by atoms with van der Waals surface area (Å²) in [6.45, 7) is 0. The van der Waals surface area contributed by atoms with Gasteiger partial charge in [0.2, 0.25) is 0 Å². The molecule has 3 aromatic carbocycles. The zero-order chi connectivity index (χ0) is 13.5. The Hall–Kier alpha value is -2.61. The van der Waals surface area contributed by atoms with E-state index in [1.165, 1.54) is 11.6 Å². The highest BCUT2D eigenvalue weighted by molar-refractivity contribution is 6.08. The van der Waals surface area contributed by atoms with Gasteiger partial charge in [-0.15, -0.1) is 0 Å². The number of nitrogens with one attached hydrogen (secondary N) is 1. The summed E-state index contributed by atoms with van der Waals surface area (Å²) in [7, 11) is 0. The number of halogens is 1. The second-order valence-electron chi connectivity index (χ2n) is 4.94. The molecular weight excluding hydrogens is 249 g/mol. The predicted molar refractivity (Wildman–Crippen MR) is 81.2 cm³/mol. The van der Waals surface area contributed by atoms with Gasteiger partial charge < -0.3 is 4.98 Å². The van der Waals surface area contributed by atoms with E-state index in [1.807, 2.05) is 18.2 Å². The molecule has 0 spiro atoms. The van der Waals surface area contributed by atoms with Crippen LogP contribution in [0.3, 0.4) is 0 Å². The van der Waals surface area contributed by atoms with E-state index in [0.29, 0.717) is 0 Å². The van der Waals surface area contributed by atoms with Crippen LogP contribution in [-0.4, -0.2) is 4.98 Å². The third-order valence-electron chi connectivity index (χ3n) is 3.67. The number of aromatic amines is 1. The first-order valence-electron chi connectivity index (χ1n) is 6.58. The van der Waals surface area contributed by atoms with Crippen LogP contribution >= 0.6 is 0 Å². The number of hydrogen-bond donors (Lipinski definition) is 1. The summed E-state index contributed by atoms with van der Waals surface area (Å²) in [5, 5.41) is 1.98. The lowest BCUT2D eigenvalue weighted by atomic mass is 10.0. The van der Waals surface area contributed by atoms with Crippen LogP contribution in [0.1, 0.15) is 0 Å². The topological polar surface area (TPSA) is 15.8 Å². The van der Waals surface area contributed by atoms with Crippen LogP contribution in [0.2, 0.25) is 0 Å². The van der Waals surface area contributed by atoms with Crippen molar-refractivity contribution in [2.45, 2.75) is 0 Å². The fourth-order valence-electron chi connectivity index (χ4n) is 2.69. The normalized spacial score (nSPS) is 11.2. The molecule has 0 bridgehead atoms. The minimum absolute atomic E-state index is 0.203. The SMILES string of the molecule is Fc1ccc2[nH]c3cc(-c4ccccc4)ccc3c2c1. The van der Waals surface area contributed by atoms with Gasteiger partial charge in [0.1, 0.15) is 5.82 Å². The average molecular weight is 261 g/mol. The zero-order valence-electron chi connectivity index (χ0n) is 10.7. The van der Waals surface area contributed by atoms with E-state index in [2.05, 4.69) is 35.3 Å². The van der Waals surface area contributed by atoms with Gasteiger partial charge in [0, 0.05) is 21.8 Å². The van der Waals surface area contributed by atoms with E-state index in [-0.39, 0.29) is 5.82 Å². The predicted octanol–water partition coefficient (Wildman–Crippen LogP) is 5.13. The van der Waals surface area contributed by atoms with Crippen molar-refractivity contribution in [3.8, 4) is 11.1 Å². The Morgan fingerprint density at radius 3 is 2.35 bits per heavy atom. The van der Waals surface area contributed by atoms with Crippen LogP contribution in [0.15, 0.2) is 66.7 Å². The molecular formula is C18H12FN. The van der Waals surface area contributed by atoms with Gasteiger partial charge in [0.15, 0.2) is 0 Å². The Bertz CT molecular complexity index is 907. The molecule has 1 nitrogen and oxygen atoms in total. The molecule has 0 saturated heterocycles. The first kappa shape index (κ1) is 11.2. The third-order valence-corrected chi connectivity index (χ3v) is 3.67. The standard InChI is InChI=1S/C18H12FN/c19-14-7-9-17-16(11-14)15-8-6-13(10-18(15)20-17)12-4-2-1-3-5-12/h1-11,20H. The highest BCUT2D eigenvalue weighted by atomic mass is 19.1. The number of hydrogen-bond acceptors (Lipinski definition) is 0. The molecule has 0 aliphatic heterocycles. The van der Waals surface area contributed by atoms with Gasteiger partial charge >= 0.3 is 0 Å². The van der Waals surface area contributed by atoms with Crippen LogP contribution in [0.5, 0.6) is 0 Å². The Morgan fingerprint density at radius 2 is 1.50 bits per heavy atom. The fraction of sp³-hybridized carbons (Fsp3) is 0. The lowest BCUT2D eigenvalue weighted by Gasteiger charge is -2.01. The molecule has 4 rings (SSSR count). The second-order valence-corrected chi connectivity index (χ2v) is 4.94. The van der Waals surface area contributed by atoms with Gasteiger partial charge in [-0.1, -0.05) is 42.5 Å². The Labute approximate surface area is 115 Å². The van der Waals surface area contributed by atoms with Crippen molar-refractivity contribution in [2.24, 2.45) is 0 Å². The highest BCUT2D eigenvalue weighted by Crippen LogP contribution is 2.29. The van der Waals surface area contributed by atoms with E-state index in [9.17, 15) is 4.39 Å². The van der Waals surface area contributed by atoms with Gasteiger partial charge in [-0.3, -0.25) is 0 Å². The Balaban J connectivity index is 1.98. The Morgan fingerprint density at radius 1 is 0.650 bits per heavy atom. The van der Waals surface area contributed by atoms with Crippen LogP contribution < -0.4 is 0 Å². The summed E-state index contributed by atoms with van der Waals surface area (Å²) in [5.74, 6) is -0.203. The quantitative estimate of drug-likeness (QED) is 0.489. The van der Waals surface area contributed by atoms with E-state index in [0.717, 1.165) is 27.4 Å². The molecule has 96 valence electrons. The third kappa shape index (κ3) is 1.69. The maximum atomic E-state index is 13.4. The van der Waals surface area contributed by atoms with E-state index in [1.54, 1.807) is 12.1 Å². The summed E-state index contributed by atoms with van der Waals surface area (Å²) >= 11 is 0. The van der Waals surface area contributed by atoms with Crippen LogP contribution in [0, 0.1) is 5.82 Å². The molecule has 0 fully saturated rings. The molecule has 2 heteroatoms. The highest BCUT2D eigenvalue weighted by Gasteiger charge is 2.06. The summed E-state index contributed by atoms with van der Waals surface area (Å²) in [6.07, 6.45) is 0. The molecule has 0 aliphatic rings. The fourth-order valence-corrected chi connectivity index (χ4v) is 2.69. The smallest absolute Gasteiger partial charge is 0.123 e. The summed E-state index contributed by atoms with van der Waals surface area (Å²) in [4.78, 5) is 3.35. The molecule has 0 amide bonds. The maximum absolute atomic E-state index is 13.4. The maximum Gasteiger partial charge on any atom is 0.123 e. The molecule has 0 aliphatic carbocycles. The number of rotatable bonds is 1. The van der Waals surface area contributed by atoms with Gasteiger partial charge in [-0.05, 0) is 35.4 Å². The van der Waals surface area contributed by atoms with Crippen molar-refractivity contribution in [3.63, 3.8) is 0 Å². The first-order chi connectivity index (χ1) is 9.81. The van der Waals surface area contributed by atoms with Crippen molar-refractivity contribution in [1.29, 1.82) is 0 Å². The Kier molecular flexibility index (Phi) is 2.36. The monoisotopic (exact) mass is 261 g/mol. The van der Waals surface area contributed by atoms with E-state index < -0.39 is 0 Å². The average Bonchev–Trinajstić information content (AvgIpc) is 2.85. The van der Waals surface area contributed by atoms with Gasteiger partial charge in [-0.25, -0.2) is 4.39 Å². The molecule has 1 N–H and O–H groups in total. The summed E-state index contributed by atoms with van der Waals surface area (Å²) < 4.78 is 13.4. The molecule has 1 aromatic heterocycles. The molecule has 1 heterocycles. The molecule has 0 unspecified atom stereocenters.